The minimum absolute atomic E-state index is 0.816. The topological polar surface area (TPSA) is 27.7 Å². The summed E-state index contributed by atoms with van der Waals surface area (Å²) in [6, 6.07) is 14.7. The van der Waals surface area contributed by atoms with E-state index in [1.54, 1.807) is 7.11 Å². The van der Waals surface area contributed by atoms with Crippen LogP contribution in [-0.2, 0) is 6.54 Å². The molecule has 1 aliphatic rings. The van der Waals surface area contributed by atoms with E-state index in [0.29, 0.717) is 0 Å². The number of rotatable bonds is 4. The van der Waals surface area contributed by atoms with E-state index in [9.17, 15) is 0 Å². The lowest BCUT2D eigenvalue weighted by molar-refractivity contribution is 0.177. The van der Waals surface area contributed by atoms with E-state index in [0.717, 1.165) is 49.3 Å². The number of piperazine rings is 1. The van der Waals surface area contributed by atoms with E-state index in [1.807, 2.05) is 12.1 Å². The summed E-state index contributed by atoms with van der Waals surface area (Å²) in [6.45, 7) is 9.07. The van der Waals surface area contributed by atoms with Crippen molar-refractivity contribution in [3.05, 3.63) is 59.2 Å². The molecule has 2 aromatic rings. The van der Waals surface area contributed by atoms with Crippen molar-refractivity contribution in [2.45, 2.75) is 20.4 Å². The van der Waals surface area contributed by atoms with Gasteiger partial charge in [-0.2, -0.15) is 0 Å². The van der Waals surface area contributed by atoms with Gasteiger partial charge in [0.2, 0.25) is 0 Å². The molecule has 1 aliphatic heterocycles. The Morgan fingerprint density at radius 1 is 1.04 bits per heavy atom. The van der Waals surface area contributed by atoms with Crippen LogP contribution in [0.1, 0.15) is 16.7 Å². The molecular formula is C21H27N3OS. The fraction of sp³-hybridized carbons (Fsp3) is 0.381. The van der Waals surface area contributed by atoms with Crippen molar-refractivity contribution in [2.75, 3.05) is 38.6 Å². The summed E-state index contributed by atoms with van der Waals surface area (Å²) in [5.41, 5.74) is 4.86. The van der Waals surface area contributed by atoms with Crippen LogP contribution in [0, 0.1) is 13.8 Å². The van der Waals surface area contributed by atoms with Crippen molar-refractivity contribution >= 4 is 23.0 Å². The molecule has 0 saturated carbocycles. The summed E-state index contributed by atoms with van der Waals surface area (Å²) in [4.78, 5) is 4.72. The molecule has 138 valence electrons. The SMILES string of the molecule is COc1cccc(CN2CCN(C(=S)Nc3cc(C)cc(C)c3)CC2)c1. The zero-order valence-corrected chi connectivity index (χ0v) is 16.6. The van der Waals surface area contributed by atoms with Gasteiger partial charge in [0.15, 0.2) is 5.11 Å². The van der Waals surface area contributed by atoms with E-state index < -0.39 is 0 Å². The number of methoxy groups -OCH3 is 1. The lowest BCUT2D eigenvalue weighted by Crippen LogP contribution is -2.49. The maximum Gasteiger partial charge on any atom is 0.173 e. The van der Waals surface area contributed by atoms with Gasteiger partial charge in [0.05, 0.1) is 7.11 Å². The second-order valence-corrected chi connectivity index (χ2v) is 7.31. The maximum atomic E-state index is 5.62. The predicted octanol–water partition coefficient (Wildman–Crippen LogP) is 3.83. The Balaban J connectivity index is 1.52. The highest BCUT2D eigenvalue weighted by molar-refractivity contribution is 7.80. The highest BCUT2D eigenvalue weighted by Gasteiger charge is 2.19. The number of aryl methyl sites for hydroxylation is 2. The van der Waals surface area contributed by atoms with E-state index in [2.05, 4.69) is 59.3 Å². The largest absolute Gasteiger partial charge is 0.497 e. The Morgan fingerprint density at radius 2 is 1.73 bits per heavy atom. The van der Waals surface area contributed by atoms with Gasteiger partial charge >= 0.3 is 0 Å². The number of hydrogen-bond acceptors (Lipinski definition) is 3. The summed E-state index contributed by atoms with van der Waals surface area (Å²) in [5, 5.41) is 4.21. The minimum Gasteiger partial charge on any atom is -0.497 e. The van der Waals surface area contributed by atoms with Crippen LogP contribution >= 0.6 is 12.2 Å². The minimum atomic E-state index is 0.816. The number of thiocarbonyl (C=S) groups is 1. The Bertz CT molecular complexity index is 749. The van der Waals surface area contributed by atoms with Gasteiger partial charge in [-0.25, -0.2) is 0 Å². The molecule has 0 aromatic heterocycles. The fourth-order valence-electron chi connectivity index (χ4n) is 3.39. The van der Waals surface area contributed by atoms with Gasteiger partial charge in [0, 0.05) is 38.4 Å². The number of anilines is 1. The summed E-state index contributed by atoms with van der Waals surface area (Å²) in [6.07, 6.45) is 0. The smallest absolute Gasteiger partial charge is 0.173 e. The molecule has 0 spiro atoms. The van der Waals surface area contributed by atoms with Gasteiger partial charge < -0.3 is 15.0 Å². The van der Waals surface area contributed by atoms with Gasteiger partial charge in [-0.15, -0.1) is 0 Å². The standard InChI is InChI=1S/C21H27N3OS/c1-16-11-17(2)13-19(12-16)22-21(26)24-9-7-23(8-10-24)15-18-5-4-6-20(14-18)25-3/h4-6,11-14H,7-10,15H2,1-3H3,(H,22,26). The number of hydrogen-bond donors (Lipinski definition) is 1. The number of ether oxygens (including phenoxy) is 1. The molecule has 3 rings (SSSR count). The van der Waals surface area contributed by atoms with Crippen molar-refractivity contribution in [1.82, 2.24) is 9.80 Å². The number of nitrogens with zero attached hydrogens (tertiary/aromatic N) is 2. The summed E-state index contributed by atoms with van der Waals surface area (Å²) >= 11 is 5.62. The molecule has 2 aromatic carbocycles. The first-order valence-electron chi connectivity index (χ1n) is 9.03. The van der Waals surface area contributed by atoms with Crippen molar-refractivity contribution in [3.8, 4) is 5.75 Å². The van der Waals surface area contributed by atoms with Crippen LogP contribution in [-0.4, -0.2) is 48.2 Å². The molecule has 0 atom stereocenters. The molecule has 1 N–H and O–H groups in total. The second-order valence-electron chi connectivity index (χ2n) is 6.92. The van der Waals surface area contributed by atoms with Crippen LogP contribution < -0.4 is 10.1 Å². The molecule has 0 bridgehead atoms. The second kappa shape index (κ2) is 8.52. The van der Waals surface area contributed by atoms with Crippen molar-refractivity contribution in [2.24, 2.45) is 0 Å². The molecule has 26 heavy (non-hydrogen) atoms. The van der Waals surface area contributed by atoms with Crippen LogP contribution in [0.2, 0.25) is 0 Å². The molecule has 5 heteroatoms. The van der Waals surface area contributed by atoms with Crippen molar-refractivity contribution in [1.29, 1.82) is 0 Å². The summed E-state index contributed by atoms with van der Waals surface area (Å²) in [7, 11) is 1.71. The molecule has 0 unspecified atom stereocenters. The predicted molar refractivity (Wildman–Crippen MR) is 112 cm³/mol. The first-order chi connectivity index (χ1) is 12.5. The van der Waals surface area contributed by atoms with Crippen LogP contribution in [0.25, 0.3) is 0 Å². The van der Waals surface area contributed by atoms with Crippen LogP contribution in [0.5, 0.6) is 5.75 Å². The third-order valence-electron chi connectivity index (χ3n) is 4.67. The Kier molecular flexibility index (Phi) is 6.12. The molecule has 1 heterocycles. The summed E-state index contributed by atoms with van der Waals surface area (Å²) in [5.74, 6) is 0.917. The Hall–Kier alpha value is -2.11. The van der Waals surface area contributed by atoms with E-state index in [1.165, 1.54) is 16.7 Å². The lowest BCUT2D eigenvalue weighted by Gasteiger charge is -2.36. The van der Waals surface area contributed by atoms with E-state index >= 15 is 0 Å². The molecular weight excluding hydrogens is 342 g/mol. The number of benzene rings is 2. The average molecular weight is 370 g/mol. The van der Waals surface area contributed by atoms with E-state index in [-0.39, 0.29) is 0 Å². The van der Waals surface area contributed by atoms with Crippen LogP contribution in [0.15, 0.2) is 42.5 Å². The molecule has 4 nitrogen and oxygen atoms in total. The highest BCUT2D eigenvalue weighted by atomic mass is 32.1. The van der Waals surface area contributed by atoms with Crippen molar-refractivity contribution < 1.29 is 4.74 Å². The quantitative estimate of drug-likeness (QED) is 0.827. The molecule has 0 amide bonds. The van der Waals surface area contributed by atoms with Gasteiger partial charge in [0.25, 0.3) is 0 Å². The van der Waals surface area contributed by atoms with Gasteiger partial charge in [-0.05, 0) is 67.0 Å². The monoisotopic (exact) mass is 369 g/mol. The normalized spacial score (nSPS) is 15.0. The Labute approximate surface area is 161 Å². The third kappa shape index (κ3) is 4.96. The average Bonchev–Trinajstić information content (AvgIpc) is 2.61. The molecule has 1 saturated heterocycles. The maximum absolute atomic E-state index is 5.62. The van der Waals surface area contributed by atoms with Crippen LogP contribution in [0.3, 0.4) is 0 Å². The Morgan fingerprint density at radius 3 is 2.38 bits per heavy atom. The van der Waals surface area contributed by atoms with Gasteiger partial charge in [-0.1, -0.05) is 18.2 Å². The third-order valence-corrected chi connectivity index (χ3v) is 5.03. The van der Waals surface area contributed by atoms with Gasteiger partial charge in [0.1, 0.15) is 5.75 Å². The first kappa shape index (κ1) is 18.7. The first-order valence-corrected chi connectivity index (χ1v) is 9.44. The zero-order valence-electron chi connectivity index (χ0n) is 15.8. The zero-order chi connectivity index (χ0) is 18.5. The lowest BCUT2D eigenvalue weighted by atomic mass is 10.1. The van der Waals surface area contributed by atoms with Gasteiger partial charge in [-0.3, -0.25) is 4.90 Å². The van der Waals surface area contributed by atoms with Crippen molar-refractivity contribution in [3.63, 3.8) is 0 Å². The molecule has 0 radical (unpaired) electrons. The number of nitrogens with one attached hydrogen (secondary N) is 1. The summed E-state index contributed by atoms with van der Waals surface area (Å²) < 4.78 is 5.31. The molecule has 0 aliphatic carbocycles. The molecule has 1 fully saturated rings. The fourth-order valence-corrected chi connectivity index (χ4v) is 3.69. The highest BCUT2D eigenvalue weighted by Crippen LogP contribution is 2.17. The van der Waals surface area contributed by atoms with E-state index in [4.69, 9.17) is 17.0 Å². The van der Waals surface area contributed by atoms with Crippen LogP contribution in [0.4, 0.5) is 5.69 Å².